The summed E-state index contributed by atoms with van der Waals surface area (Å²) < 4.78 is 32.7. The van der Waals surface area contributed by atoms with Crippen LogP contribution in [0.2, 0.25) is 0 Å². The Hall–Kier alpha value is -2.18. The van der Waals surface area contributed by atoms with Gasteiger partial charge in [0, 0.05) is 62.3 Å². The minimum Gasteiger partial charge on any atom is -0.475 e. The number of rotatable bonds is 9. The third-order valence-corrected chi connectivity index (χ3v) is 5.80. The average molecular weight is 553 g/mol. The normalized spacial score (nSPS) is 13.8. The molecule has 34 heavy (non-hydrogen) atoms. The van der Waals surface area contributed by atoms with Crippen molar-refractivity contribution in [1.82, 2.24) is 20.0 Å². The first-order valence-electron chi connectivity index (χ1n) is 11.0. The number of carboxylic acid groups (broad SMARTS) is 1. The number of benzene rings is 1. The Balaban J connectivity index is 0.000000718. The predicted octanol–water partition coefficient (Wildman–Crippen LogP) is 2.69. The molecule has 1 heterocycles. The van der Waals surface area contributed by atoms with E-state index in [0.29, 0.717) is 25.1 Å². The van der Waals surface area contributed by atoms with Crippen molar-refractivity contribution in [2.24, 2.45) is 0 Å². The second kappa shape index (κ2) is 14.9. The van der Waals surface area contributed by atoms with Crippen LogP contribution < -0.4 is 5.32 Å². The van der Waals surface area contributed by atoms with Crippen molar-refractivity contribution >= 4 is 33.7 Å². The van der Waals surface area contributed by atoms with Gasteiger partial charge in [-0.25, -0.2) is 4.79 Å². The quantitative estimate of drug-likeness (QED) is 0.489. The van der Waals surface area contributed by atoms with Crippen molar-refractivity contribution in [2.45, 2.75) is 26.4 Å². The molecule has 1 aromatic carbocycles. The SMILES string of the molecule is CCN(CC)CCN(CCC(=O)N1CCNCC1)C(=O)c1ccc(Br)cc1.O=C(O)C(F)(F)F. The number of aliphatic carboxylic acids is 1. The van der Waals surface area contributed by atoms with Gasteiger partial charge in [0.05, 0.1) is 0 Å². The van der Waals surface area contributed by atoms with Gasteiger partial charge in [-0.05, 0) is 37.4 Å². The van der Waals surface area contributed by atoms with Crippen molar-refractivity contribution in [3.05, 3.63) is 34.3 Å². The van der Waals surface area contributed by atoms with Crippen LogP contribution >= 0.6 is 15.9 Å². The molecule has 0 radical (unpaired) electrons. The number of piperazine rings is 1. The lowest BCUT2D eigenvalue weighted by Crippen LogP contribution is -2.47. The molecule has 12 heteroatoms. The summed E-state index contributed by atoms with van der Waals surface area (Å²) in [5, 5.41) is 10.4. The Morgan fingerprint density at radius 3 is 2.03 bits per heavy atom. The number of alkyl halides is 3. The fourth-order valence-electron chi connectivity index (χ4n) is 3.19. The first-order valence-corrected chi connectivity index (χ1v) is 11.8. The zero-order valence-electron chi connectivity index (χ0n) is 19.4. The number of hydrogen-bond acceptors (Lipinski definition) is 5. The summed E-state index contributed by atoms with van der Waals surface area (Å²) in [5.41, 5.74) is 0.660. The molecule has 1 aliphatic heterocycles. The fraction of sp³-hybridized carbons (Fsp3) is 0.591. The van der Waals surface area contributed by atoms with Gasteiger partial charge in [0.2, 0.25) is 5.91 Å². The summed E-state index contributed by atoms with van der Waals surface area (Å²) in [6.07, 6.45) is -4.71. The van der Waals surface area contributed by atoms with Gasteiger partial charge in [-0.3, -0.25) is 9.59 Å². The molecule has 0 unspecified atom stereocenters. The van der Waals surface area contributed by atoms with Crippen molar-refractivity contribution in [2.75, 3.05) is 58.9 Å². The zero-order valence-corrected chi connectivity index (χ0v) is 21.0. The average Bonchev–Trinajstić information content (AvgIpc) is 2.81. The third kappa shape index (κ3) is 10.8. The molecule has 0 aromatic heterocycles. The van der Waals surface area contributed by atoms with Gasteiger partial charge in [0.1, 0.15) is 0 Å². The van der Waals surface area contributed by atoms with Gasteiger partial charge >= 0.3 is 12.1 Å². The zero-order chi connectivity index (χ0) is 25.7. The number of amides is 2. The maximum Gasteiger partial charge on any atom is 0.490 e. The van der Waals surface area contributed by atoms with Crippen LogP contribution in [0, 0.1) is 0 Å². The van der Waals surface area contributed by atoms with E-state index in [9.17, 15) is 22.8 Å². The van der Waals surface area contributed by atoms with E-state index in [1.54, 1.807) is 0 Å². The van der Waals surface area contributed by atoms with E-state index in [2.05, 4.69) is 40.0 Å². The summed E-state index contributed by atoms with van der Waals surface area (Å²) >= 11 is 3.41. The summed E-state index contributed by atoms with van der Waals surface area (Å²) in [5.74, 6) is -2.64. The largest absolute Gasteiger partial charge is 0.490 e. The molecule has 2 N–H and O–H groups in total. The van der Waals surface area contributed by atoms with E-state index >= 15 is 0 Å². The lowest BCUT2D eigenvalue weighted by atomic mass is 10.2. The van der Waals surface area contributed by atoms with Gasteiger partial charge in [-0.1, -0.05) is 29.8 Å². The number of hydrogen-bond donors (Lipinski definition) is 2. The van der Waals surface area contributed by atoms with Crippen molar-refractivity contribution < 1.29 is 32.7 Å². The lowest BCUT2D eigenvalue weighted by Gasteiger charge is -2.30. The summed E-state index contributed by atoms with van der Waals surface area (Å²) in [4.78, 5) is 40.4. The third-order valence-electron chi connectivity index (χ3n) is 5.27. The maximum atomic E-state index is 13.0. The van der Waals surface area contributed by atoms with E-state index in [0.717, 1.165) is 50.3 Å². The minimum atomic E-state index is -5.08. The molecule has 1 fully saturated rings. The first-order chi connectivity index (χ1) is 16.0. The molecule has 0 bridgehead atoms. The summed E-state index contributed by atoms with van der Waals surface area (Å²) in [6, 6.07) is 7.41. The molecule has 0 spiro atoms. The Bertz CT molecular complexity index is 783. The highest BCUT2D eigenvalue weighted by molar-refractivity contribution is 9.10. The van der Waals surface area contributed by atoms with Crippen LogP contribution in [0.25, 0.3) is 0 Å². The molecule has 0 saturated carbocycles. The van der Waals surface area contributed by atoms with E-state index in [1.807, 2.05) is 34.1 Å². The lowest BCUT2D eigenvalue weighted by molar-refractivity contribution is -0.192. The van der Waals surface area contributed by atoms with Crippen LogP contribution in [0.5, 0.6) is 0 Å². The van der Waals surface area contributed by atoms with E-state index in [1.165, 1.54) is 0 Å². The van der Waals surface area contributed by atoms with Crippen molar-refractivity contribution in [3.63, 3.8) is 0 Å². The number of carbonyl (C=O) groups excluding carboxylic acids is 2. The molecule has 2 rings (SSSR count). The van der Waals surface area contributed by atoms with Crippen LogP contribution in [0.1, 0.15) is 30.6 Å². The second-order valence-corrected chi connectivity index (χ2v) is 8.43. The summed E-state index contributed by atoms with van der Waals surface area (Å²) in [6.45, 7) is 11.2. The molecule has 2 amide bonds. The van der Waals surface area contributed by atoms with Crippen LogP contribution in [0.15, 0.2) is 28.7 Å². The van der Waals surface area contributed by atoms with Gasteiger partial charge in [0.25, 0.3) is 5.91 Å². The molecule has 8 nitrogen and oxygen atoms in total. The van der Waals surface area contributed by atoms with E-state index < -0.39 is 12.1 Å². The smallest absolute Gasteiger partial charge is 0.475 e. The molecule has 1 aliphatic rings. The van der Waals surface area contributed by atoms with Gasteiger partial charge in [-0.15, -0.1) is 0 Å². The Kier molecular flexibility index (Phi) is 13.1. The first kappa shape index (κ1) is 29.9. The highest BCUT2D eigenvalue weighted by Crippen LogP contribution is 2.14. The van der Waals surface area contributed by atoms with Gasteiger partial charge in [0.15, 0.2) is 0 Å². The van der Waals surface area contributed by atoms with E-state index in [4.69, 9.17) is 9.90 Å². The predicted molar refractivity (Wildman–Crippen MR) is 126 cm³/mol. The van der Waals surface area contributed by atoms with Crippen LogP contribution in [-0.4, -0.2) is 103 Å². The Morgan fingerprint density at radius 1 is 1.03 bits per heavy atom. The topological polar surface area (TPSA) is 93.2 Å². The minimum absolute atomic E-state index is 0.0113. The number of carbonyl (C=O) groups is 3. The molecule has 0 aliphatic carbocycles. The molecular weight excluding hydrogens is 521 g/mol. The van der Waals surface area contributed by atoms with Crippen LogP contribution in [0.3, 0.4) is 0 Å². The number of carboxylic acids is 1. The summed E-state index contributed by atoms with van der Waals surface area (Å²) in [7, 11) is 0. The number of nitrogens with zero attached hydrogens (tertiary/aromatic N) is 3. The second-order valence-electron chi connectivity index (χ2n) is 7.51. The van der Waals surface area contributed by atoms with Gasteiger partial charge in [-0.2, -0.15) is 13.2 Å². The highest BCUT2D eigenvalue weighted by Gasteiger charge is 2.38. The fourth-order valence-corrected chi connectivity index (χ4v) is 3.46. The number of nitrogens with one attached hydrogen (secondary N) is 1. The van der Waals surface area contributed by atoms with Crippen LogP contribution in [0.4, 0.5) is 13.2 Å². The standard InChI is InChI=1S/C20H31BrN4O2.C2HF3O2/c1-3-23(4-2)15-16-25(20(27)17-5-7-18(21)8-6-17)12-9-19(26)24-13-10-22-11-14-24;3-2(4,5)1(6)7/h5-8,22H,3-4,9-16H2,1-2H3;(H,6,7). The number of likely N-dealkylation sites (N-methyl/N-ethyl adjacent to an activating group) is 1. The highest BCUT2D eigenvalue weighted by atomic mass is 79.9. The molecule has 192 valence electrons. The Morgan fingerprint density at radius 2 is 1.56 bits per heavy atom. The maximum absolute atomic E-state index is 13.0. The number of halogens is 4. The van der Waals surface area contributed by atoms with Crippen molar-refractivity contribution in [1.29, 1.82) is 0 Å². The molecular formula is C22H32BrF3N4O4. The monoisotopic (exact) mass is 552 g/mol. The van der Waals surface area contributed by atoms with E-state index in [-0.39, 0.29) is 11.8 Å². The Labute approximate surface area is 206 Å². The van der Waals surface area contributed by atoms with Gasteiger partial charge < -0.3 is 25.1 Å². The molecule has 1 saturated heterocycles. The molecule has 0 atom stereocenters. The van der Waals surface area contributed by atoms with Crippen molar-refractivity contribution in [3.8, 4) is 0 Å². The molecule has 1 aromatic rings. The van der Waals surface area contributed by atoms with Crippen LogP contribution in [-0.2, 0) is 9.59 Å².